The normalized spacial score (nSPS) is 20.6. The van der Waals surface area contributed by atoms with Crippen molar-refractivity contribution in [2.45, 2.75) is 32.2 Å². The zero-order chi connectivity index (χ0) is 15.5. The number of rotatable bonds is 5. The molecular formula is C17H24N2O3. The van der Waals surface area contributed by atoms with Gasteiger partial charge in [-0.1, -0.05) is 18.9 Å². The molecule has 2 N–H and O–H groups in total. The molecule has 2 fully saturated rings. The van der Waals surface area contributed by atoms with Gasteiger partial charge in [0.1, 0.15) is 0 Å². The van der Waals surface area contributed by atoms with Crippen molar-refractivity contribution in [3.63, 3.8) is 0 Å². The van der Waals surface area contributed by atoms with Gasteiger partial charge >= 0.3 is 5.97 Å². The number of carbonyl (C=O) groups is 1. The average molecular weight is 304 g/mol. The van der Waals surface area contributed by atoms with E-state index in [-0.39, 0.29) is 11.5 Å². The highest BCUT2D eigenvalue weighted by atomic mass is 16.5. The number of aromatic hydroxyl groups is 1. The van der Waals surface area contributed by atoms with Crippen molar-refractivity contribution in [2.24, 2.45) is 5.92 Å². The summed E-state index contributed by atoms with van der Waals surface area (Å²) in [4.78, 5) is 13.5. The number of ether oxygens (including phenoxy) is 1. The standard InChI is InChI=1S/C17H24N2O3/c1-12(20)22-17-5-4-14(11-16(17)21)15(10-13-2-3-13)19-8-6-18-7-9-19/h4-5,11,13,15,18,21H,2-3,6-10H2,1H3/t15-/m1/s1. The molecule has 1 saturated carbocycles. The Morgan fingerprint density at radius 3 is 2.73 bits per heavy atom. The number of esters is 1. The molecule has 0 unspecified atom stereocenters. The Morgan fingerprint density at radius 2 is 2.14 bits per heavy atom. The van der Waals surface area contributed by atoms with Crippen molar-refractivity contribution in [3.05, 3.63) is 23.8 Å². The van der Waals surface area contributed by atoms with Crippen molar-refractivity contribution in [1.82, 2.24) is 10.2 Å². The summed E-state index contributed by atoms with van der Waals surface area (Å²) in [5.41, 5.74) is 1.11. The van der Waals surface area contributed by atoms with Crippen LogP contribution in [-0.4, -0.2) is 42.2 Å². The maximum Gasteiger partial charge on any atom is 0.308 e. The van der Waals surface area contributed by atoms with Gasteiger partial charge in [-0.15, -0.1) is 0 Å². The van der Waals surface area contributed by atoms with Gasteiger partial charge in [-0.05, 0) is 30.0 Å². The Labute approximate surface area is 131 Å². The van der Waals surface area contributed by atoms with E-state index in [4.69, 9.17) is 4.74 Å². The third kappa shape index (κ3) is 3.78. The molecule has 1 heterocycles. The Hall–Kier alpha value is -1.59. The zero-order valence-electron chi connectivity index (χ0n) is 13.0. The molecule has 1 aliphatic carbocycles. The van der Waals surface area contributed by atoms with Gasteiger partial charge in [0.2, 0.25) is 0 Å². The van der Waals surface area contributed by atoms with E-state index < -0.39 is 5.97 Å². The van der Waals surface area contributed by atoms with Crippen LogP contribution in [-0.2, 0) is 4.79 Å². The van der Waals surface area contributed by atoms with E-state index in [2.05, 4.69) is 10.2 Å². The average Bonchev–Trinajstić information content (AvgIpc) is 3.32. The molecule has 1 aromatic rings. The molecule has 0 bridgehead atoms. The molecule has 2 aliphatic rings. The largest absolute Gasteiger partial charge is 0.504 e. The number of phenols is 1. The first kappa shape index (κ1) is 15.3. The molecule has 1 aliphatic heterocycles. The number of nitrogens with zero attached hydrogens (tertiary/aromatic N) is 1. The smallest absolute Gasteiger partial charge is 0.308 e. The quantitative estimate of drug-likeness (QED) is 0.644. The maximum absolute atomic E-state index is 11.0. The van der Waals surface area contributed by atoms with Crippen LogP contribution in [0.4, 0.5) is 0 Å². The summed E-state index contributed by atoms with van der Waals surface area (Å²) in [6.45, 7) is 5.43. The van der Waals surface area contributed by atoms with Crippen LogP contribution < -0.4 is 10.1 Å². The van der Waals surface area contributed by atoms with E-state index in [0.717, 1.165) is 44.1 Å². The van der Waals surface area contributed by atoms with Crippen molar-refractivity contribution in [3.8, 4) is 11.5 Å². The predicted molar refractivity (Wildman–Crippen MR) is 83.9 cm³/mol. The molecule has 120 valence electrons. The summed E-state index contributed by atoms with van der Waals surface area (Å²) in [6, 6.07) is 5.78. The third-order valence-corrected chi connectivity index (χ3v) is 4.47. The summed E-state index contributed by atoms with van der Waals surface area (Å²) in [5.74, 6) is 0.681. The van der Waals surface area contributed by atoms with Gasteiger partial charge in [-0.25, -0.2) is 0 Å². The number of carbonyl (C=O) groups excluding carboxylic acids is 1. The minimum atomic E-state index is -0.417. The molecule has 5 nitrogen and oxygen atoms in total. The van der Waals surface area contributed by atoms with Crippen LogP contribution in [0.3, 0.4) is 0 Å². The third-order valence-electron chi connectivity index (χ3n) is 4.47. The molecule has 0 spiro atoms. The van der Waals surface area contributed by atoms with E-state index in [1.165, 1.54) is 19.8 Å². The Morgan fingerprint density at radius 1 is 1.41 bits per heavy atom. The van der Waals surface area contributed by atoms with E-state index >= 15 is 0 Å². The SMILES string of the molecule is CC(=O)Oc1ccc([C@@H](CC2CC2)N2CCNCC2)cc1O. The Kier molecular flexibility index (Phi) is 4.64. The minimum Gasteiger partial charge on any atom is -0.504 e. The molecule has 3 rings (SSSR count). The van der Waals surface area contributed by atoms with Gasteiger partial charge in [0, 0.05) is 39.1 Å². The second kappa shape index (κ2) is 6.67. The fraction of sp³-hybridized carbons (Fsp3) is 0.588. The van der Waals surface area contributed by atoms with Crippen molar-refractivity contribution < 1.29 is 14.6 Å². The van der Waals surface area contributed by atoms with E-state index in [1.807, 2.05) is 6.07 Å². The first-order valence-electron chi connectivity index (χ1n) is 8.09. The van der Waals surface area contributed by atoms with E-state index in [0.29, 0.717) is 6.04 Å². The molecular weight excluding hydrogens is 280 g/mol. The number of piperazine rings is 1. The fourth-order valence-corrected chi connectivity index (χ4v) is 3.14. The first-order valence-corrected chi connectivity index (χ1v) is 8.09. The molecule has 1 aromatic carbocycles. The van der Waals surface area contributed by atoms with Crippen LogP contribution in [0, 0.1) is 5.92 Å². The van der Waals surface area contributed by atoms with Gasteiger partial charge < -0.3 is 15.2 Å². The van der Waals surface area contributed by atoms with Crippen molar-refractivity contribution in [2.75, 3.05) is 26.2 Å². The molecule has 1 atom stereocenters. The van der Waals surface area contributed by atoms with Gasteiger partial charge in [0.05, 0.1) is 0 Å². The Bertz CT molecular complexity index is 537. The lowest BCUT2D eigenvalue weighted by molar-refractivity contribution is -0.132. The van der Waals surface area contributed by atoms with Crippen molar-refractivity contribution in [1.29, 1.82) is 0 Å². The second-order valence-electron chi connectivity index (χ2n) is 6.30. The molecule has 0 radical (unpaired) electrons. The lowest BCUT2D eigenvalue weighted by Crippen LogP contribution is -2.45. The molecule has 0 aromatic heterocycles. The van der Waals surface area contributed by atoms with Crippen molar-refractivity contribution >= 4 is 5.97 Å². The Balaban J connectivity index is 1.79. The van der Waals surface area contributed by atoms with Crippen LogP contribution >= 0.6 is 0 Å². The molecule has 1 saturated heterocycles. The van der Waals surface area contributed by atoms with Gasteiger partial charge in [-0.2, -0.15) is 0 Å². The topological polar surface area (TPSA) is 61.8 Å². The monoisotopic (exact) mass is 304 g/mol. The fourth-order valence-electron chi connectivity index (χ4n) is 3.14. The van der Waals surface area contributed by atoms with Crippen LogP contribution in [0.1, 0.15) is 37.8 Å². The molecule has 0 amide bonds. The number of hydrogen-bond acceptors (Lipinski definition) is 5. The molecule has 22 heavy (non-hydrogen) atoms. The van der Waals surface area contributed by atoms with E-state index in [9.17, 15) is 9.90 Å². The number of benzene rings is 1. The van der Waals surface area contributed by atoms with Crippen LogP contribution in [0.5, 0.6) is 11.5 Å². The summed E-state index contributed by atoms with van der Waals surface area (Å²) >= 11 is 0. The van der Waals surface area contributed by atoms with Crippen LogP contribution in [0.25, 0.3) is 0 Å². The highest BCUT2D eigenvalue weighted by molar-refractivity contribution is 5.70. The maximum atomic E-state index is 11.0. The number of hydrogen-bond donors (Lipinski definition) is 2. The first-order chi connectivity index (χ1) is 10.6. The van der Waals surface area contributed by atoms with Crippen LogP contribution in [0.2, 0.25) is 0 Å². The zero-order valence-corrected chi connectivity index (χ0v) is 13.0. The second-order valence-corrected chi connectivity index (χ2v) is 6.30. The molecule has 5 heteroatoms. The van der Waals surface area contributed by atoms with E-state index in [1.54, 1.807) is 12.1 Å². The number of nitrogens with one attached hydrogen (secondary N) is 1. The lowest BCUT2D eigenvalue weighted by Gasteiger charge is -2.35. The summed E-state index contributed by atoms with van der Waals surface area (Å²) < 4.78 is 5.01. The lowest BCUT2D eigenvalue weighted by atomic mass is 9.98. The highest BCUT2D eigenvalue weighted by Crippen LogP contribution is 2.41. The van der Waals surface area contributed by atoms with Gasteiger partial charge in [-0.3, -0.25) is 9.69 Å². The predicted octanol–water partition coefficient (Wildman–Crippen LogP) is 2.06. The summed E-state index contributed by atoms with van der Waals surface area (Å²) in [7, 11) is 0. The van der Waals surface area contributed by atoms with Crippen LogP contribution in [0.15, 0.2) is 18.2 Å². The highest BCUT2D eigenvalue weighted by Gasteiger charge is 2.30. The minimum absolute atomic E-state index is 0.0450. The number of phenolic OH excluding ortho intramolecular Hbond substituents is 1. The van der Waals surface area contributed by atoms with Gasteiger partial charge in [0.15, 0.2) is 11.5 Å². The summed E-state index contributed by atoms with van der Waals surface area (Å²) in [5, 5.41) is 13.5. The summed E-state index contributed by atoms with van der Waals surface area (Å²) in [6.07, 6.45) is 3.78. The van der Waals surface area contributed by atoms with Gasteiger partial charge in [0.25, 0.3) is 0 Å².